The number of aromatic nitrogens is 4. The van der Waals surface area contributed by atoms with Gasteiger partial charge in [-0.2, -0.15) is 0 Å². The predicted molar refractivity (Wildman–Crippen MR) is 67.6 cm³/mol. The SMILES string of the molecule is Cc1cc(F)ccc1CSc1nnnn1CCN. The molecule has 0 spiro atoms. The molecule has 0 saturated heterocycles. The van der Waals surface area contributed by atoms with E-state index in [1.807, 2.05) is 6.92 Å². The number of hydrogen-bond donors (Lipinski definition) is 1. The lowest BCUT2D eigenvalue weighted by molar-refractivity contribution is 0.557. The molecular formula is C11H14FN5S. The predicted octanol–water partition coefficient (Wildman–Crippen LogP) is 1.37. The summed E-state index contributed by atoms with van der Waals surface area (Å²) in [6.07, 6.45) is 0. The minimum Gasteiger partial charge on any atom is -0.329 e. The van der Waals surface area contributed by atoms with E-state index in [0.29, 0.717) is 18.8 Å². The first-order valence-electron chi connectivity index (χ1n) is 5.55. The van der Waals surface area contributed by atoms with Gasteiger partial charge in [0.1, 0.15) is 5.82 Å². The molecule has 0 unspecified atom stereocenters. The van der Waals surface area contributed by atoms with Crippen molar-refractivity contribution < 1.29 is 4.39 Å². The molecule has 0 atom stereocenters. The van der Waals surface area contributed by atoms with Gasteiger partial charge in [0, 0.05) is 12.3 Å². The summed E-state index contributed by atoms with van der Waals surface area (Å²) in [6.45, 7) is 2.98. The summed E-state index contributed by atoms with van der Waals surface area (Å²) in [5, 5.41) is 12.1. The zero-order valence-corrected chi connectivity index (χ0v) is 10.8. The second-order valence-corrected chi connectivity index (χ2v) is 4.78. The van der Waals surface area contributed by atoms with Crippen LogP contribution in [0.25, 0.3) is 0 Å². The van der Waals surface area contributed by atoms with E-state index in [-0.39, 0.29) is 5.82 Å². The monoisotopic (exact) mass is 267 g/mol. The number of nitrogens with zero attached hydrogens (tertiary/aromatic N) is 4. The van der Waals surface area contributed by atoms with Gasteiger partial charge in [0.25, 0.3) is 0 Å². The molecule has 96 valence electrons. The number of aryl methyl sites for hydroxylation is 1. The molecule has 7 heteroatoms. The number of hydrogen-bond acceptors (Lipinski definition) is 5. The summed E-state index contributed by atoms with van der Waals surface area (Å²) in [5.41, 5.74) is 7.47. The summed E-state index contributed by atoms with van der Waals surface area (Å²) >= 11 is 1.52. The van der Waals surface area contributed by atoms with E-state index in [0.717, 1.165) is 16.3 Å². The van der Waals surface area contributed by atoms with E-state index in [1.54, 1.807) is 10.7 Å². The molecule has 0 saturated carbocycles. The third-order valence-electron chi connectivity index (χ3n) is 2.50. The van der Waals surface area contributed by atoms with Gasteiger partial charge >= 0.3 is 0 Å². The molecule has 0 radical (unpaired) electrons. The zero-order valence-electron chi connectivity index (χ0n) is 10.0. The maximum atomic E-state index is 13.0. The Kier molecular flexibility index (Phi) is 4.27. The number of benzene rings is 1. The molecule has 0 amide bonds. The van der Waals surface area contributed by atoms with Crippen molar-refractivity contribution in [1.29, 1.82) is 0 Å². The van der Waals surface area contributed by atoms with Crippen molar-refractivity contribution in [3.05, 3.63) is 35.1 Å². The van der Waals surface area contributed by atoms with Crippen molar-refractivity contribution >= 4 is 11.8 Å². The first-order valence-corrected chi connectivity index (χ1v) is 6.53. The van der Waals surface area contributed by atoms with E-state index in [1.165, 1.54) is 23.9 Å². The topological polar surface area (TPSA) is 69.6 Å². The van der Waals surface area contributed by atoms with E-state index in [2.05, 4.69) is 15.5 Å². The maximum absolute atomic E-state index is 13.0. The maximum Gasteiger partial charge on any atom is 0.209 e. The van der Waals surface area contributed by atoms with Crippen molar-refractivity contribution in [1.82, 2.24) is 20.2 Å². The molecule has 1 heterocycles. The molecule has 0 fully saturated rings. The Balaban J connectivity index is 2.04. The largest absolute Gasteiger partial charge is 0.329 e. The van der Waals surface area contributed by atoms with Gasteiger partial charge in [0.15, 0.2) is 0 Å². The number of nitrogens with two attached hydrogens (primary N) is 1. The Labute approximate surface area is 109 Å². The number of rotatable bonds is 5. The molecule has 0 bridgehead atoms. The molecule has 1 aromatic heterocycles. The van der Waals surface area contributed by atoms with Crippen LogP contribution in [0.3, 0.4) is 0 Å². The highest BCUT2D eigenvalue weighted by molar-refractivity contribution is 7.98. The smallest absolute Gasteiger partial charge is 0.209 e. The molecule has 2 rings (SSSR count). The molecule has 1 aromatic carbocycles. The standard InChI is InChI=1S/C11H14FN5S/c1-8-6-10(12)3-2-9(8)7-18-11-14-15-16-17(11)5-4-13/h2-3,6H,4-5,7,13H2,1H3. The summed E-state index contributed by atoms with van der Waals surface area (Å²) in [4.78, 5) is 0. The Morgan fingerprint density at radius 3 is 3.00 bits per heavy atom. The average molecular weight is 267 g/mol. The quantitative estimate of drug-likeness (QED) is 0.829. The fourth-order valence-electron chi connectivity index (χ4n) is 1.53. The average Bonchev–Trinajstić information content (AvgIpc) is 2.76. The third kappa shape index (κ3) is 3.05. The van der Waals surface area contributed by atoms with Gasteiger partial charge in [-0.3, -0.25) is 0 Å². The number of tetrazole rings is 1. The normalized spacial score (nSPS) is 10.8. The molecule has 0 aliphatic heterocycles. The van der Waals surface area contributed by atoms with Crippen LogP contribution in [0.1, 0.15) is 11.1 Å². The minimum atomic E-state index is -0.214. The summed E-state index contributed by atoms with van der Waals surface area (Å²) in [6, 6.07) is 4.78. The van der Waals surface area contributed by atoms with Crippen LogP contribution in [0.2, 0.25) is 0 Å². The highest BCUT2D eigenvalue weighted by Gasteiger charge is 2.07. The summed E-state index contributed by atoms with van der Waals surface area (Å²) < 4.78 is 14.6. The van der Waals surface area contributed by atoms with Crippen LogP contribution in [0.15, 0.2) is 23.4 Å². The van der Waals surface area contributed by atoms with Gasteiger partial charge in [-0.1, -0.05) is 17.8 Å². The molecule has 18 heavy (non-hydrogen) atoms. The minimum absolute atomic E-state index is 0.214. The third-order valence-corrected chi connectivity index (χ3v) is 3.51. The van der Waals surface area contributed by atoms with E-state index >= 15 is 0 Å². The van der Waals surface area contributed by atoms with Crippen LogP contribution in [0.4, 0.5) is 4.39 Å². The van der Waals surface area contributed by atoms with Crippen molar-refractivity contribution in [3.8, 4) is 0 Å². The van der Waals surface area contributed by atoms with Crippen molar-refractivity contribution in [3.63, 3.8) is 0 Å². The summed E-state index contributed by atoms with van der Waals surface area (Å²) in [5.74, 6) is 0.492. The Morgan fingerprint density at radius 1 is 1.44 bits per heavy atom. The number of halogens is 1. The van der Waals surface area contributed by atoms with E-state index in [4.69, 9.17) is 5.73 Å². The van der Waals surface area contributed by atoms with Gasteiger partial charge in [-0.15, -0.1) is 5.10 Å². The summed E-state index contributed by atoms with van der Waals surface area (Å²) in [7, 11) is 0. The lowest BCUT2D eigenvalue weighted by Crippen LogP contribution is -2.12. The second kappa shape index (κ2) is 5.92. The Hall–Kier alpha value is -1.47. The Bertz CT molecular complexity index is 528. The van der Waals surface area contributed by atoms with Gasteiger partial charge < -0.3 is 5.73 Å². The first-order chi connectivity index (χ1) is 8.70. The van der Waals surface area contributed by atoms with Gasteiger partial charge in [-0.25, -0.2) is 9.07 Å². The molecule has 2 aromatic rings. The molecule has 5 nitrogen and oxygen atoms in total. The lowest BCUT2D eigenvalue weighted by atomic mass is 10.1. The Morgan fingerprint density at radius 2 is 2.28 bits per heavy atom. The highest BCUT2D eigenvalue weighted by atomic mass is 32.2. The first kappa shape index (κ1) is 13.0. The zero-order chi connectivity index (χ0) is 13.0. The van der Waals surface area contributed by atoms with Crippen molar-refractivity contribution in [2.45, 2.75) is 24.4 Å². The van der Waals surface area contributed by atoms with Gasteiger partial charge in [0.05, 0.1) is 6.54 Å². The molecule has 0 aliphatic carbocycles. The van der Waals surface area contributed by atoms with Crippen LogP contribution in [0.5, 0.6) is 0 Å². The second-order valence-electron chi connectivity index (χ2n) is 3.83. The van der Waals surface area contributed by atoms with Gasteiger partial charge in [-0.05, 0) is 40.6 Å². The van der Waals surface area contributed by atoms with Gasteiger partial charge in [0.2, 0.25) is 5.16 Å². The lowest BCUT2D eigenvalue weighted by Gasteiger charge is -2.05. The van der Waals surface area contributed by atoms with Crippen LogP contribution in [0, 0.1) is 12.7 Å². The van der Waals surface area contributed by atoms with E-state index < -0.39 is 0 Å². The highest BCUT2D eigenvalue weighted by Crippen LogP contribution is 2.22. The van der Waals surface area contributed by atoms with Crippen molar-refractivity contribution in [2.24, 2.45) is 5.73 Å². The van der Waals surface area contributed by atoms with Crippen LogP contribution in [-0.2, 0) is 12.3 Å². The fraction of sp³-hybridized carbons (Fsp3) is 0.364. The molecule has 2 N–H and O–H groups in total. The number of thioether (sulfide) groups is 1. The van der Waals surface area contributed by atoms with Crippen LogP contribution >= 0.6 is 11.8 Å². The molecule has 0 aliphatic rings. The van der Waals surface area contributed by atoms with Crippen LogP contribution < -0.4 is 5.73 Å². The molecular weight excluding hydrogens is 253 g/mol. The fourth-order valence-corrected chi connectivity index (χ4v) is 2.51. The van der Waals surface area contributed by atoms with Crippen molar-refractivity contribution in [2.75, 3.05) is 6.54 Å². The van der Waals surface area contributed by atoms with Crippen LogP contribution in [-0.4, -0.2) is 26.8 Å². The van der Waals surface area contributed by atoms with E-state index in [9.17, 15) is 4.39 Å².